The number of ether oxygens (including phenoxy) is 1. The van der Waals surface area contributed by atoms with Crippen molar-refractivity contribution in [2.45, 2.75) is 46.1 Å². The number of alkyl halides is 3. The number of rotatable bonds is 7. The van der Waals surface area contributed by atoms with Crippen LogP contribution in [0.5, 0.6) is 5.75 Å². The number of benzene rings is 2. The highest BCUT2D eigenvalue weighted by Crippen LogP contribution is 2.31. The average Bonchev–Trinajstić information content (AvgIpc) is 3.56. The molecule has 0 aliphatic rings. The van der Waals surface area contributed by atoms with Gasteiger partial charge in [0.2, 0.25) is 0 Å². The summed E-state index contributed by atoms with van der Waals surface area (Å²) in [6.07, 6.45) is -3.43. The summed E-state index contributed by atoms with van der Waals surface area (Å²) in [5.74, 6) is -1.53. The highest BCUT2D eigenvalue weighted by Gasteiger charge is 2.32. The molecule has 0 aliphatic heterocycles. The molecule has 12 nitrogen and oxygen atoms in total. The summed E-state index contributed by atoms with van der Waals surface area (Å²) in [7, 11) is 0. The minimum Gasteiger partial charge on any atom is -0.406 e. The molecule has 2 aromatic carbocycles. The van der Waals surface area contributed by atoms with Crippen molar-refractivity contribution in [3.05, 3.63) is 86.2 Å². The van der Waals surface area contributed by atoms with Crippen molar-refractivity contribution in [3.8, 4) is 17.6 Å². The molecule has 2 N–H and O–H groups in total. The van der Waals surface area contributed by atoms with E-state index in [1.165, 1.54) is 27.8 Å². The number of nitrogens with one attached hydrogen (secondary N) is 2. The van der Waals surface area contributed by atoms with Crippen molar-refractivity contribution in [2.24, 2.45) is 0 Å². The molecule has 0 spiro atoms. The number of nitriles is 1. The van der Waals surface area contributed by atoms with E-state index in [0.29, 0.717) is 5.56 Å². The van der Waals surface area contributed by atoms with Crippen molar-refractivity contribution in [2.75, 3.05) is 5.32 Å². The van der Waals surface area contributed by atoms with Gasteiger partial charge in [0.15, 0.2) is 5.82 Å². The fourth-order valence-corrected chi connectivity index (χ4v) is 5.26. The van der Waals surface area contributed by atoms with Crippen LogP contribution < -0.4 is 15.4 Å². The normalized spacial score (nSPS) is 11.7. The maximum Gasteiger partial charge on any atom is 0.573 e. The Hall–Kier alpha value is -5.01. The van der Waals surface area contributed by atoms with Crippen LogP contribution in [0.4, 0.5) is 18.9 Å². The first kappa shape index (κ1) is 33.4. The third-order valence-corrected chi connectivity index (χ3v) is 7.26. The molecule has 3 aromatic heterocycles. The highest BCUT2D eigenvalue weighted by molar-refractivity contribution is 9.10. The average molecular weight is 731 g/mol. The Kier molecular flexibility index (Phi) is 8.98. The van der Waals surface area contributed by atoms with E-state index in [1.807, 2.05) is 6.07 Å². The molecule has 0 bridgehead atoms. The number of carbonyl (C=O) groups is 2. The summed E-state index contributed by atoms with van der Waals surface area (Å²) >= 11 is 9.62. The van der Waals surface area contributed by atoms with Gasteiger partial charge in [-0.15, -0.1) is 13.2 Å². The zero-order valence-electron chi connectivity index (χ0n) is 25.1. The van der Waals surface area contributed by atoms with E-state index in [0.717, 1.165) is 12.1 Å². The molecule has 0 radical (unpaired) electrons. The highest BCUT2D eigenvalue weighted by atomic mass is 79.9. The number of carbonyl (C=O) groups excluding carboxylic acids is 2. The van der Waals surface area contributed by atoms with Gasteiger partial charge in [-0.3, -0.25) is 9.59 Å². The van der Waals surface area contributed by atoms with Crippen molar-refractivity contribution in [1.29, 1.82) is 5.26 Å². The first-order valence-electron chi connectivity index (χ1n) is 13.7. The largest absolute Gasteiger partial charge is 0.573 e. The summed E-state index contributed by atoms with van der Waals surface area (Å²) in [5, 5.41) is 28.4. The monoisotopic (exact) mass is 729 g/mol. The molecule has 0 saturated heterocycles. The van der Waals surface area contributed by atoms with Crippen LogP contribution in [0.2, 0.25) is 5.02 Å². The van der Waals surface area contributed by atoms with E-state index in [4.69, 9.17) is 11.6 Å². The molecule has 5 rings (SSSR count). The van der Waals surface area contributed by atoms with Gasteiger partial charge < -0.3 is 15.4 Å². The van der Waals surface area contributed by atoms with Gasteiger partial charge in [0, 0.05) is 17.8 Å². The molecule has 47 heavy (non-hydrogen) atoms. The Bertz CT molecular complexity index is 2080. The number of nitrogens with zero attached hydrogens (tertiary/aromatic N) is 7. The lowest BCUT2D eigenvalue weighted by Gasteiger charge is -2.22. The predicted molar refractivity (Wildman–Crippen MR) is 168 cm³/mol. The van der Waals surface area contributed by atoms with E-state index >= 15 is 0 Å². The first-order valence-corrected chi connectivity index (χ1v) is 14.9. The van der Waals surface area contributed by atoms with Gasteiger partial charge in [-0.25, -0.2) is 9.67 Å². The molecule has 17 heteroatoms. The van der Waals surface area contributed by atoms with Crippen LogP contribution in [0.3, 0.4) is 0 Å². The summed E-state index contributed by atoms with van der Waals surface area (Å²) in [5.41, 5.74) is 0.973. The fraction of sp³-hybridized carbons (Fsp3) is 0.233. The summed E-state index contributed by atoms with van der Waals surface area (Å²) in [6.45, 7) is 6.94. The smallest absolute Gasteiger partial charge is 0.406 e. The summed E-state index contributed by atoms with van der Waals surface area (Å²) in [4.78, 5) is 32.6. The Morgan fingerprint density at radius 3 is 2.49 bits per heavy atom. The molecule has 0 fully saturated rings. The van der Waals surface area contributed by atoms with E-state index in [9.17, 15) is 28.0 Å². The van der Waals surface area contributed by atoms with Gasteiger partial charge in [-0.2, -0.15) is 25.4 Å². The van der Waals surface area contributed by atoms with Crippen LogP contribution in [0.1, 0.15) is 58.4 Å². The molecule has 2 amide bonds. The van der Waals surface area contributed by atoms with Crippen molar-refractivity contribution in [1.82, 2.24) is 35.1 Å². The van der Waals surface area contributed by atoms with E-state index in [1.54, 1.807) is 45.9 Å². The van der Waals surface area contributed by atoms with Gasteiger partial charge >= 0.3 is 6.36 Å². The topological polar surface area (TPSA) is 153 Å². The summed E-state index contributed by atoms with van der Waals surface area (Å²) in [6, 6.07) is 11.8. The molecule has 0 unspecified atom stereocenters. The second-order valence-corrected chi connectivity index (χ2v) is 12.5. The number of fused-ring (bicyclic) bond motifs is 1. The molecule has 242 valence electrons. The van der Waals surface area contributed by atoms with Crippen molar-refractivity contribution < 1.29 is 27.5 Å². The molecule has 0 atom stereocenters. The Labute approximate surface area is 278 Å². The number of hydrogen-bond acceptors (Lipinski definition) is 8. The number of hydrogen-bond donors (Lipinski definition) is 2. The molecule has 5 aromatic rings. The lowest BCUT2D eigenvalue weighted by atomic mass is 10.0. The molecule has 0 aliphatic carbocycles. The maximum absolute atomic E-state index is 13.9. The van der Waals surface area contributed by atoms with Crippen LogP contribution >= 0.6 is 27.5 Å². The number of halogens is 5. The van der Waals surface area contributed by atoms with Crippen molar-refractivity contribution in [3.63, 3.8) is 0 Å². The predicted octanol–water partition coefficient (Wildman–Crippen LogP) is 6.34. The van der Waals surface area contributed by atoms with Crippen LogP contribution in [0.25, 0.3) is 16.9 Å². The SMILES string of the molecule is Cc1cc(C#N)cc(C(=O)NC(C)(C)C)c1NC(=O)c1cc(Cn2nc3cc(OC(F)(F)F)cc(Br)c3n2)nn1-c1ncccc1Cl. The molecule has 3 heterocycles. The minimum atomic E-state index is -4.90. The zero-order valence-corrected chi connectivity index (χ0v) is 27.4. The molecule has 0 saturated carbocycles. The van der Waals surface area contributed by atoms with Gasteiger partial charge in [0.1, 0.15) is 29.0 Å². The summed E-state index contributed by atoms with van der Waals surface area (Å²) < 4.78 is 43.8. The number of anilines is 1. The van der Waals surface area contributed by atoms with E-state index in [-0.39, 0.29) is 61.1 Å². The fourth-order valence-electron chi connectivity index (χ4n) is 4.55. The molecular formula is C30H24BrClF3N9O3. The van der Waals surface area contributed by atoms with Gasteiger partial charge in [0.05, 0.1) is 38.1 Å². The van der Waals surface area contributed by atoms with Crippen LogP contribution in [0, 0.1) is 18.3 Å². The third-order valence-electron chi connectivity index (χ3n) is 6.36. The van der Waals surface area contributed by atoms with E-state index in [2.05, 4.69) is 51.6 Å². The third kappa shape index (κ3) is 7.69. The van der Waals surface area contributed by atoms with Crippen LogP contribution in [0.15, 0.2) is 53.1 Å². The van der Waals surface area contributed by atoms with Crippen LogP contribution in [-0.4, -0.2) is 53.5 Å². The number of pyridine rings is 1. The number of amides is 2. The van der Waals surface area contributed by atoms with Crippen LogP contribution in [-0.2, 0) is 6.54 Å². The number of aromatic nitrogens is 6. The first-order chi connectivity index (χ1) is 22.0. The lowest BCUT2D eigenvalue weighted by molar-refractivity contribution is -0.274. The Balaban J connectivity index is 1.54. The Morgan fingerprint density at radius 2 is 1.83 bits per heavy atom. The maximum atomic E-state index is 13.9. The standard InChI is InChI=1S/C30H24BrClF3N9O3/c1-15-8-16(13-36)9-19(27(45)39-29(2,3)4)24(15)38-28(46)23-10-17(40-44(23)26-21(32)6-5-7-37-26)14-43-41-22-12-18(47-30(33,34)35)11-20(31)25(22)42-43/h5-12H,14H2,1-4H3,(H,38,46)(H,39,45). The van der Waals surface area contributed by atoms with Gasteiger partial charge in [0.25, 0.3) is 11.8 Å². The van der Waals surface area contributed by atoms with E-state index < -0.39 is 29.5 Å². The number of aryl methyl sites for hydroxylation is 1. The Morgan fingerprint density at radius 1 is 1.09 bits per heavy atom. The lowest BCUT2D eigenvalue weighted by Crippen LogP contribution is -2.41. The minimum absolute atomic E-state index is 0.0229. The zero-order chi connectivity index (χ0) is 34.3. The quantitative estimate of drug-likeness (QED) is 0.197. The van der Waals surface area contributed by atoms with Crippen molar-refractivity contribution >= 4 is 56.1 Å². The molecular weight excluding hydrogens is 707 g/mol. The second kappa shape index (κ2) is 12.6. The van der Waals surface area contributed by atoms with Gasteiger partial charge in [-0.05, 0) is 85.6 Å². The van der Waals surface area contributed by atoms with Gasteiger partial charge in [-0.1, -0.05) is 11.6 Å². The second-order valence-electron chi connectivity index (χ2n) is 11.3.